The van der Waals surface area contributed by atoms with Crippen molar-refractivity contribution in [2.75, 3.05) is 20.0 Å². The SMILES string of the molecule is COc1cc(OC)cc(C(=O)NCc2nnc(SCC(=O)N3N=C(c4cccs4)CC3c3ccc(C)cc3)n2CCc2ccccc2)c1. The van der Waals surface area contributed by atoms with E-state index in [-0.39, 0.29) is 30.2 Å². The van der Waals surface area contributed by atoms with Crippen molar-refractivity contribution in [2.24, 2.45) is 5.10 Å². The maximum absolute atomic E-state index is 13.8. The van der Waals surface area contributed by atoms with Crippen LogP contribution in [0.5, 0.6) is 11.5 Å². The molecule has 0 saturated heterocycles. The number of benzene rings is 3. The van der Waals surface area contributed by atoms with E-state index in [1.54, 1.807) is 34.5 Å². The molecule has 0 saturated carbocycles. The summed E-state index contributed by atoms with van der Waals surface area (Å²) in [6, 6.07) is 27.3. The van der Waals surface area contributed by atoms with Crippen molar-refractivity contribution in [2.45, 2.75) is 44.1 Å². The lowest BCUT2D eigenvalue weighted by Gasteiger charge is -2.22. The number of thiophene rings is 1. The first-order chi connectivity index (χ1) is 23.4. The van der Waals surface area contributed by atoms with E-state index in [0.29, 0.717) is 41.0 Å². The van der Waals surface area contributed by atoms with Gasteiger partial charge in [-0.05, 0) is 48.1 Å². The van der Waals surface area contributed by atoms with E-state index in [9.17, 15) is 9.59 Å². The van der Waals surface area contributed by atoms with Gasteiger partial charge in [0.25, 0.3) is 11.8 Å². The monoisotopic (exact) mass is 680 g/mol. The van der Waals surface area contributed by atoms with Gasteiger partial charge in [-0.3, -0.25) is 9.59 Å². The first-order valence-corrected chi connectivity index (χ1v) is 17.4. The predicted octanol–water partition coefficient (Wildman–Crippen LogP) is 6.31. The second-order valence-electron chi connectivity index (χ2n) is 11.3. The number of nitrogens with one attached hydrogen (secondary N) is 1. The normalized spacial score (nSPS) is 14.1. The Labute approximate surface area is 287 Å². The van der Waals surface area contributed by atoms with Crippen molar-refractivity contribution in [1.29, 1.82) is 0 Å². The largest absolute Gasteiger partial charge is 0.497 e. The molecule has 0 aliphatic carbocycles. The summed E-state index contributed by atoms with van der Waals surface area (Å²) in [5.41, 5.74) is 4.68. The average Bonchev–Trinajstić information content (AvgIpc) is 3.90. The van der Waals surface area contributed by atoms with Gasteiger partial charge in [0.2, 0.25) is 0 Å². The summed E-state index contributed by atoms with van der Waals surface area (Å²) in [7, 11) is 3.08. The maximum Gasteiger partial charge on any atom is 0.253 e. The molecule has 1 atom stereocenters. The van der Waals surface area contributed by atoms with Crippen LogP contribution in [-0.4, -0.2) is 57.3 Å². The van der Waals surface area contributed by atoms with E-state index in [1.165, 1.54) is 26.0 Å². The van der Waals surface area contributed by atoms with Gasteiger partial charge < -0.3 is 19.4 Å². The Morgan fingerprint density at radius 2 is 1.71 bits per heavy atom. The van der Waals surface area contributed by atoms with E-state index < -0.39 is 0 Å². The summed E-state index contributed by atoms with van der Waals surface area (Å²) >= 11 is 2.95. The molecule has 1 unspecified atom stereocenters. The zero-order valence-corrected chi connectivity index (χ0v) is 28.6. The number of aryl methyl sites for hydroxylation is 2. The number of hydrazone groups is 1. The van der Waals surface area contributed by atoms with Gasteiger partial charge in [-0.25, -0.2) is 5.01 Å². The average molecular weight is 681 g/mol. The lowest BCUT2D eigenvalue weighted by molar-refractivity contribution is -0.130. The third-order valence-electron chi connectivity index (χ3n) is 8.04. The summed E-state index contributed by atoms with van der Waals surface area (Å²) in [6.07, 6.45) is 1.38. The third kappa shape index (κ3) is 7.77. The number of hydrogen-bond acceptors (Lipinski definition) is 9. The number of carbonyl (C=O) groups excluding carboxylic acids is 2. The van der Waals surface area contributed by atoms with E-state index in [2.05, 4.69) is 58.8 Å². The summed E-state index contributed by atoms with van der Waals surface area (Å²) in [4.78, 5) is 28.0. The number of thioether (sulfide) groups is 1. The van der Waals surface area contributed by atoms with Gasteiger partial charge in [0, 0.05) is 24.6 Å². The molecule has 1 aliphatic heterocycles. The summed E-state index contributed by atoms with van der Waals surface area (Å²) in [5, 5.41) is 20.9. The Bertz CT molecular complexity index is 1870. The van der Waals surface area contributed by atoms with Gasteiger partial charge in [0.05, 0.1) is 43.1 Å². The second kappa shape index (κ2) is 15.3. The highest BCUT2D eigenvalue weighted by atomic mass is 32.2. The molecule has 246 valence electrons. The van der Waals surface area contributed by atoms with Crippen molar-refractivity contribution >= 4 is 40.6 Å². The Morgan fingerprint density at radius 3 is 2.40 bits per heavy atom. The fraction of sp³-hybridized carbons (Fsp3) is 0.250. The third-order valence-corrected chi connectivity index (χ3v) is 9.91. The molecule has 10 nitrogen and oxygen atoms in total. The van der Waals surface area contributed by atoms with E-state index in [0.717, 1.165) is 33.7 Å². The van der Waals surface area contributed by atoms with Gasteiger partial charge in [-0.15, -0.1) is 21.5 Å². The highest BCUT2D eigenvalue weighted by Gasteiger charge is 2.33. The molecule has 2 aromatic heterocycles. The minimum atomic E-state index is -0.301. The van der Waals surface area contributed by atoms with Crippen LogP contribution in [0.1, 0.15) is 50.2 Å². The highest BCUT2D eigenvalue weighted by Crippen LogP contribution is 2.35. The number of hydrogen-bond donors (Lipinski definition) is 1. The predicted molar refractivity (Wildman–Crippen MR) is 188 cm³/mol. The number of nitrogens with zero attached hydrogens (tertiary/aromatic N) is 5. The first-order valence-electron chi connectivity index (χ1n) is 15.5. The van der Waals surface area contributed by atoms with Crippen molar-refractivity contribution in [3.8, 4) is 11.5 Å². The molecule has 48 heavy (non-hydrogen) atoms. The van der Waals surface area contributed by atoms with Gasteiger partial charge in [-0.1, -0.05) is 78.0 Å². The molecule has 1 N–H and O–H groups in total. The highest BCUT2D eigenvalue weighted by molar-refractivity contribution is 7.99. The molecular formula is C36H36N6O4S2. The van der Waals surface area contributed by atoms with E-state index >= 15 is 0 Å². The molecule has 6 rings (SSSR count). The second-order valence-corrected chi connectivity index (χ2v) is 13.1. The minimum absolute atomic E-state index is 0.114. The van der Waals surface area contributed by atoms with Crippen molar-refractivity contribution < 1.29 is 19.1 Å². The molecule has 0 spiro atoms. The van der Waals surface area contributed by atoms with Gasteiger partial charge in [-0.2, -0.15) is 5.10 Å². The van der Waals surface area contributed by atoms with Crippen LogP contribution < -0.4 is 14.8 Å². The Balaban J connectivity index is 1.20. The van der Waals surface area contributed by atoms with Gasteiger partial charge in [0.15, 0.2) is 11.0 Å². The van der Waals surface area contributed by atoms with E-state index in [1.807, 2.05) is 40.3 Å². The lowest BCUT2D eigenvalue weighted by Crippen LogP contribution is -2.28. The van der Waals surface area contributed by atoms with Gasteiger partial charge in [0.1, 0.15) is 11.5 Å². The molecule has 0 fully saturated rings. The van der Waals surface area contributed by atoms with Gasteiger partial charge >= 0.3 is 0 Å². The number of rotatable bonds is 13. The number of amides is 2. The van der Waals surface area contributed by atoms with Crippen LogP contribution in [0.3, 0.4) is 0 Å². The number of aromatic nitrogens is 3. The summed E-state index contributed by atoms with van der Waals surface area (Å²) in [5.74, 6) is 1.33. The molecule has 3 aromatic carbocycles. The van der Waals surface area contributed by atoms with Crippen LogP contribution in [0.2, 0.25) is 0 Å². The van der Waals surface area contributed by atoms with Crippen LogP contribution in [0.25, 0.3) is 0 Å². The fourth-order valence-corrected chi connectivity index (χ4v) is 7.00. The number of ether oxygens (including phenoxy) is 2. The van der Waals surface area contributed by atoms with Crippen LogP contribution in [0.4, 0.5) is 0 Å². The van der Waals surface area contributed by atoms with Crippen molar-refractivity contribution in [3.05, 3.63) is 123 Å². The molecule has 12 heteroatoms. The number of methoxy groups -OCH3 is 2. The molecule has 1 aliphatic rings. The zero-order valence-electron chi connectivity index (χ0n) is 27.0. The maximum atomic E-state index is 13.8. The molecule has 0 radical (unpaired) electrons. The first kappa shape index (κ1) is 33.0. The molecule has 2 amide bonds. The standard InChI is InChI=1S/C36H36N6O4S2/c1-24-11-13-26(14-12-24)31-21-30(32-10-7-17-47-32)40-42(31)34(43)23-48-36-39-38-33(41(36)16-15-25-8-5-4-6-9-25)22-37-35(44)27-18-28(45-2)20-29(19-27)46-3/h4-14,17-20,31H,15-16,21-23H2,1-3H3,(H,37,44). The molecule has 5 aromatic rings. The quantitative estimate of drug-likeness (QED) is 0.145. The van der Waals surface area contributed by atoms with E-state index in [4.69, 9.17) is 14.6 Å². The smallest absolute Gasteiger partial charge is 0.253 e. The molecule has 3 heterocycles. The van der Waals surface area contributed by atoms with Crippen LogP contribution >= 0.6 is 23.1 Å². The fourth-order valence-electron chi connectivity index (χ4n) is 5.44. The molecule has 0 bridgehead atoms. The topological polar surface area (TPSA) is 111 Å². The zero-order chi connectivity index (χ0) is 33.5. The van der Waals surface area contributed by atoms with Crippen molar-refractivity contribution in [3.63, 3.8) is 0 Å². The van der Waals surface area contributed by atoms with Crippen molar-refractivity contribution in [1.82, 2.24) is 25.1 Å². The summed E-state index contributed by atoms with van der Waals surface area (Å²) < 4.78 is 12.6. The van der Waals surface area contributed by atoms with Crippen LogP contribution in [0.15, 0.2) is 101 Å². The van der Waals surface area contributed by atoms with Crippen LogP contribution in [0, 0.1) is 6.92 Å². The Morgan fingerprint density at radius 1 is 0.958 bits per heavy atom. The van der Waals surface area contributed by atoms with Crippen LogP contribution in [-0.2, 0) is 24.3 Å². The Kier molecular flexibility index (Phi) is 10.5. The Hall–Kier alpha value is -4.94. The molecular weight excluding hydrogens is 645 g/mol. The lowest BCUT2D eigenvalue weighted by atomic mass is 10.00. The minimum Gasteiger partial charge on any atom is -0.497 e. The number of carbonyl (C=O) groups is 2. The summed E-state index contributed by atoms with van der Waals surface area (Å²) in [6.45, 7) is 2.77.